The number of benzene rings is 1. The Hall–Kier alpha value is -1.99. The molecule has 2 rings (SSSR count). The van der Waals surface area contributed by atoms with E-state index in [1.807, 2.05) is 35.9 Å². The largest absolute Gasteiger partial charge is 0.481 e. The molecule has 1 heterocycles. The van der Waals surface area contributed by atoms with E-state index in [4.69, 9.17) is 16.7 Å². The Labute approximate surface area is 149 Å². The highest BCUT2D eigenvalue weighted by molar-refractivity contribution is 7.99. The van der Waals surface area contributed by atoms with E-state index in [0.29, 0.717) is 10.2 Å². The number of carboxylic acids is 1. The van der Waals surface area contributed by atoms with Crippen LogP contribution in [-0.2, 0) is 9.59 Å². The van der Waals surface area contributed by atoms with Crippen molar-refractivity contribution in [2.24, 2.45) is 5.92 Å². The number of nitrogens with one attached hydrogen (secondary N) is 1. The third-order valence-electron chi connectivity index (χ3n) is 3.46. The summed E-state index contributed by atoms with van der Waals surface area (Å²) in [4.78, 5) is 26.9. The fraction of sp³-hybridized carbons (Fsp3) is 0.312. The highest BCUT2D eigenvalue weighted by Crippen LogP contribution is 2.26. The normalized spacial score (nSPS) is 12.0. The number of hydrogen-bond acceptors (Lipinski definition) is 4. The molecule has 1 amide bonds. The maximum Gasteiger partial charge on any atom is 0.308 e. The molecule has 0 spiro atoms. The summed E-state index contributed by atoms with van der Waals surface area (Å²) in [5.74, 6) is -1.63. The molecule has 0 radical (unpaired) electrons. The second-order valence-electron chi connectivity index (χ2n) is 5.30. The number of rotatable bonds is 7. The van der Waals surface area contributed by atoms with E-state index in [1.165, 1.54) is 11.8 Å². The van der Waals surface area contributed by atoms with Crippen LogP contribution in [0.25, 0.3) is 5.69 Å². The molecule has 24 heavy (non-hydrogen) atoms. The predicted octanol–water partition coefficient (Wildman–Crippen LogP) is 2.76. The second-order valence-corrected chi connectivity index (χ2v) is 6.65. The Balaban J connectivity index is 2.00. The third-order valence-corrected chi connectivity index (χ3v) is 4.84. The first kappa shape index (κ1) is 18.4. The van der Waals surface area contributed by atoms with Crippen molar-refractivity contribution in [2.75, 3.05) is 12.3 Å². The van der Waals surface area contributed by atoms with Gasteiger partial charge in [-0.1, -0.05) is 36.4 Å². The molecule has 8 heteroatoms. The van der Waals surface area contributed by atoms with Crippen LogP contribution in [0, 0.1) is 12.8 Å². The number of aliphatic carboxylic acids is 1. The van der Waals surface area contributed by atoms with Crippen molar-refractivity contribution in [3.8, 4) is 5.69 Å². The van der Waals surface area contributed by atoms with Crippen molar-refractivity contribution in [3.63, 3.8) is 0 Å². The van der Waals surface area contributed by atoms with E-state index < -0.39 is 11.9 Å². The van der Waals surface area contributed by atoms with Crippen molar-refractivity contribution in [1.29, 1.82) is 0 Å². The topological polar surface area (TPSA) is 84.2 Å². The van der Waals surface area contributed by atoms with Crippen molar-refractivity contribution >= 4 is 35.2 Å². The molecule has 0 aliphatic heterocycles. The molecule has 1 atom stereocenters. The molecular formula is C16H18ClN3O3S. The van der Waals surface area contributed by atoms with Gasteiger partial charge in [0.15, 0.2) is 5.16 Å². The number of carboxylic acid groups (broad SMARTS) is 1. The summed E-state index contributed by atoms with van der Waals surface area (Å²) in [5.41, 5.74) is 1.83. The number of amides is 1. The van der Waals surface area contributed by atoms with E-state index in [1.54, 1.807) is 13.1 Å². The minimum Gasteiger partial charge on any atom is -0.481 e. The Kier molecular flexibility index (Phi) is 6.28. The molecule has 1 aromatic heterocycles. The smallest absolute Gasteiger partial charge is 0.308 e. The Morgan fingerprint density at radius 1 is 1.46 bits per heavy atom. The monoisotopic (exact) mass is 367 g/mol. The molecule has 6 nitrogen and oxygen atoms in total. The van der Waals surface area contributed by atoms with Gasteiger partial charge in [0.2, 0.25) is 5.91 Å². The summed E-state index contributed by atoms with van der Waals surface area (Å²) in [5, 5.41) is 12.7. The van der Waals surface area contributed by atoms with E-state index in [-0.39, 0.29) is 18.2 Å². The zero-order valence-electron chi connectivity index (χ0n) is 13.3. The van der Waals surface area contributed by atoms with E-state index >= 15 is 0 Å². The highest BCUT2D eigenvalue weighted by Gasteiger charge is 2.14. The van der Waals surface area contributed by atoms with Crippen LogP contribution in [0.5, 0.6) is 0 Å². The number of nitrogens with zero attached hydrogens (tertiary/aromatic N) is 2. The van der Waals surface area contributed by atoms with Gasteiger partial charge in [0.05, 0.1) is 17.4 Å². The van der Waals surface area contributed by atoms with E-state index in [0.717, 1.165) is 11.3 Å². The highest BCUT2D eigenvalue weighted by atomic mass is 35.5. The molecule has 0 aliphatic carbocycles. The first-order valence-corrected chi connectivity index (χ1v) is 8.67. The zero-order valence-corrected chi connectivity index (χ0v) is 14.9. The van der Waals surface area contributed by atoms with Crippen LogP contribution < -0.4 is 5.32 Å². The number of halogens is 1. The van der Waals surface area contributed by atoms with Crippen molar-refractivity contribution in [3.05, 3.63) is 41.2 Å². The maximum absolute atomic E-state index is 11.9. The average Bonchev–Trinajstić information content (AvgIpc) is 3.01. The first-order chi connectivity index (χ1) is 11.4. The Bertz CT molecular complexity index is 748. The van der Waals surface area contributed by atoms with Gasteiger partial charge < -0.3 is 10.4 Å². The summed E-state index contributed by atoms with van der Waals surface area (Å²) in [6, 6.07) is 5.61. The van der Waals surface area contributed by atoms with Crippen LogP contribution in [0.4, 0.5) is 0 Å². The summed E-state index contributed by atoms with van der Waals surface area (Å²) < 4.78 is 1.87. The number of hydrogen-bond donors (Lipinski definition) is 2. The van der Waals surface area contributed by atoms with Gasteiger partial charge in [-0.15, -0.1) is 0 Å². The minimum absolute atomic E-state index is 0.108. The minimum atomic E-state index is -0.935. The van der Waals surface area contributed by atoms with Gasteiger partial charge in [-0.05, 0) is 24.6 Å². The Morgan fingerprint density at radius 2 is 2.21 bits per heavy atom. The summed E-state index contributed by atoms with van der Waals surface area (Å²) in [7, 11) is 0. The number of carbonyl (C=O) groups is 2. The van der Waals surface area contributed by atoms with Gasteiger partial charge >= 0.3 is 5.97 Å². The molecule has 2 N–H and O–H groups in total. The van der Waals surface area contributed by atoms with Crippen LogP contribution >= 0.6 is 23.4 Å². The molecule has 2 aromatic rings. The fourth-order valence-corrected chi connectivity index (χ4v) is 2.94. The fourth-order valence-electron chi connectivity index (χ4n) is 1.97. The lowest BCUT2D eigenvalue weighted by Crippen LogP contribution is -2.32. The molecular weight excluding hydrogens is 350 g/mol. The first-order valence-electron chi connectivity index (χ1n) is 7.31. The van der Waals surface area contributed by atoms with Gasteiger partial charge in [0.1, 0.15) is 0 Å². The van der Waals surface area contributed by atoms with Gasteiger partial charge in [0, 0.05) is 24.0 Å². The van der Waals surface area contributed by atoms with Crippen LogP contribution in [0.15, 0.2) is 35.7 Å². The molecule has 0 fully saturated rings. The number of aromatic nitrogens is 2. The van der Waals surface area contributed by atoms with Crippen molar-refractivity contribution in [1.82, 2.24) is 14.9 Å². The van der Waals surface area contributed by atoms with Gasteiger partial charge in [0.25, 0.3) is 0 Å². The molecule has 0 saturated carbocycles. The zero-order chi connectivity index (χ0) is 17.7. The molecule has 128 valence electrons. The predicted molar refractivity (Wildman–Crippen MR) is 93.8 cm³/mol. The molecule has 0 aliphatic rings. The van der Waals surface area contributed by atoms with Gasteiger partial charge in [-0.25, -0.2) is 4.98 Å². The summed E-state index contributed by atoms with van der Waals surface area (Å²) >= 11 is 7.43. The van der Waals surface area contributed by atoms with Gasteiger partial charge in [-0.2, -0.15) is 0 Å². The van der Waals surface area contributed by atoms with Crippen LogP contribution in [0.3, 0.4) is 0 Å². The summed E-state index contributed by atoms with van der Waals surface area (Å²) in [6.45, 7) is 3.58. The number of thioether (sulfide) groups is 1. The van der Waals surface area contributed by atoms with E-state index in [9.17, 15) is 9.59 Å². The molecule has 1 aromatic carbocycles. The molecule has 1 unspecified atom stereocenters. The van der Waals surface area contributed by atoms with Crippen LogP contribution in [0.2, 0.25) is 5.02 Å². The van der Waals surface area contributed by atoms with Crippen molar-refractivity contribution in [2.45, 2.75) is 19.0 Å². The lowest BCUT2D eigenvalue weighted by atomic mass is 10.2. The SMILES string of the molecule is Cc1c(Cl)cccc1-n1ccnc1SCC(=O)NCC(C)C(=O)O. The third kappa shape index (κ3) is 4.52. The molecule has 0 saturated heterocycles. The average molecular weight is 368 g/mol. The second kappa shape index (κ2) is 8.21. The number of carbonyl (C=O) groups excluding carboxylic acids is 1. The lowest BCUT2D eigenvalue weighted by molar-refractivity contribution is -0.141. The maximum atomic E-state index is 11.9. The van der Waals surface area contributed by atoms with E-state index in [2.05, 4.69) is 10.3 Å². The lowest BCUT2D eigenvalue weighted by Gasteiger charge is -2.12. The number of imidazole rings is 1. The standard InChI is InChI=1S/C16H18ClN3O3S/c1-10(15(22)23)8-19-14(21)9-24-16-18-6-7-20(16)13-5-3-4-12(17)11(13)2/h3-7,10H,8-9H2,1-2H3,(H,19,21)(H,22,23). The van der Waals surface area contributed by atoms with Crippen molar-refractivity contribution < 1.29 is 14.7 Å². The van der Waals surface area contributed by atoms with Crippen LogP contribution in [0.1, 0.15) is 12.5 Å². The quantitative estimate of drug-likeness (QED) is 0.735. The molecule has 0 bridgehead atoms. The van der Waals surface area contributed by atoms with Gasteiger partial charge in [-0.3, -0.25) is 14.2 Å². The summed E-state index contributed by atoms with van der Waals surface area (Å²) in [6.07, 6.45) is 3.47. The Morgan fingerprint density at radius 3 is 2.92 bits per heavy atom. The van der Waals surface area contributed by atoms with Crippen LogP contribution in [-0.4, -0.2) is 38.8 Å².